The number of halogens is 3. The van der Waals surface area contributed by atoms with Crippen LogP contribution >= 0.6 is 0 Å². The van der Waals surface area contributed by atoms with Gasteiger partial charge in [0.2, 0.25) is 5.91 Å². The fourth-order valence-corrected chi connectivity index (χ4v) is 3.95. The van der Waals surface area contributed by atoms with E-state index in [4.69, 9.17) is 10.5 Å². The number of nitrogens with zero attached hydrogens (tertiary/aromatic N) is 2. The number of aromatic nitrogens is 2. The Labute approximate surface area is 157 Å². The van der Waals surface area contributed by atoms with E-state index in [1.807, 2.05) is 0 Å². The molecule has 0 radical (unpaired) electrons. The van der Waals surface area contributed by atoms with Crippen LogP contribution in [0.1, 0.15) is 23.3 Å². The summed E-state index contributed by atoms with van der Waals surface area (Å²) in [4.78, 5) is 23.6. The van der Waals surface area contributed by atoms with E-state index in [0.717, 1.165) is 0 Å². The second-order valence-electron chi connectivity index (χ2n) is 6.93. The molecule has 1 aromatic heterocycles. The number of ether oxygens (including phenoxy) is 1. The third kappa shape index (κ3) is 3.24. The van der Waals surface area contributed by atoms with Gasteiger partial charge in [0.05, 0.1) is 29.7 Å². The maximum atomic E-state index is 13.4. The number of hydrogen-bond donors (Lipinski definition) is 2. The molecule has 2 aromatic rings. The van der Waals surface area contributed by atoms with Crippen molar-refractivity contribution in [1.82, 2.24) is 9.78 Å². The normalized spacial score (nSPS) is 26.4. The SMILES string of the molecule is NC(=O)c1ccn(-c2ccc(NC(=O)C3C4CCC(O4)C3C(F)(F)F)cc2)n1. The van der Waals surface area contributed by atoms with Crippen LogP contribution in [0.25, 0.3) is 5.69 Å². The fourth-order valence-electron chi connectivity index (χ4n) is 3.95. The molecule has 0 aliphatic carbocycles. The molecule has 4 unspecified atom stereocenters. The van der Waals surface area contributed by atoms with Crippen molar-refractivity contribution in [3.05, 3.63) is 42.2 Å². The molecule has 0 spiro atoms. The molecule has 4 atom stereocenters. The van der Waals surface area contributed by atoms with E-state index >= 15 is 0 Å². The van der Waals surface area contributed by atoms with Gasteiger partial charge in [0.1, 0.15) is 5.69 Å². The zero-order valence-electron chi connectivity index (χ0n) is 14.5. The van der Waals surface area contributed by atoms with Gasteiger partial charge in [-0.15, -0.1) is 0 Å². The van der Waals surface area contributed by atoms with E-state index in [1.165, 1.54) is 10.7 Å². The summed E-state index contributed by atoms with van der Waals surface area (Å²) in [6.07, 6.45) is -3.80. The fraction of sp³-hybridized carbons (Fsp3) is 0.389. The summed E-state index contributed by atoms with van der Waals surface area (Å²) in [5.74, 6) is -4.38. The molecule has 4 rings (SSSR count). The standard InChI is InChI=1S/C18H17F3N4O3/c19-18(20,21)15-13-6-5-12(28-13)14(15)17(27)23-9-1-3-10(4-2-9)25-8-7-11(24-25)16(22)26/h1-4,7-8,12-15H,5-6H2,(H2,22,26)(H,23,27). The predicted molar refractivity (Wildman–Crippen MR) is 91.6 cm³/mol. The highest BCUT2D eigenvalue weighted by Crippen LogP contribution is 2.50. The van der Waals surface area contributed by atoms with Crippen molar-refractivity contribution in [2.24, 2.45) is 17.6 Å². The Morgan fingerprint density at radius 1 is 1.14 bits per heavy atom. The summed E-state index contributed by atoms with van der Waals surface area (Å²) in [5, 5.41) is 6.56. The molecule has 2 bridgehead atoms. The predicted octanol–water partition coefficient (Wildman–Crippen LogP) is 2.27. The van der Waals surface area contributed by atoms with Gasteiger partial charge in [-0.05, 0) is 43.2 Å². The molecule has 7 nitrogen and oxygen atoms in total. The summed E-state index contributed by atoms with van der Waals surface area (Å²) in [6, 6.07) is 7.80. The number of nitrogens with one attached hydrogen (secondary N) is 1. The minimum Gasteiger partial charge on any atom is -0.373 e. The van der Waals surface area contributed by atoms with Crippen molar-refractivity contribution in [1.29, 1.82) is 0 Å². The van der Waals surface area contributed by atoms with Crippen molar-refractivity contribution in [3.63, 3.8) is 0 Å². The molecule has 2 fully saturated rings. The first kappa shape index (κ1) is 18.5. The number of anilines is 1. The van der Waals surface area contributed by atoms with Crippen LogP contribution in [-0.4, -0.2) is 40.0 Å². The summed E-state index contributed by atoms with van der Waals surface area (Å²) in [7, 11) is 0. The Morgan fingerprint density at radius 2 is 1.82 bits per heavy atom. The molecule has 2 amide bonds. The third-order valence-electron chi connectivity index (χ3n) is 5.19. The summed E-state index contributed by atoms with van der Waals surface area (Å²) < 4.78 is 46.9. The zero-order valence-corrected chi connectivity index (χ0v) is 14.5. The first-order valence-electron chi connectivity index (χ1n) is 8.73. The smallest absolute Gasteiger partial charge is 0.373 e. The number of carbonyl (C=O) groups excluding carboxylic acids is 2. The number of rotatable bonds is 4. The Hall–Kier alpha value is -2.88. The highest BCUT2D eigenvalue weighted by atomic mass is 19.4. The second-order valence-corrected chi connectivity index (χ2v) is 6.93. The molecule has 0 saturated carbocycles. The van der Waals surface area contributed by atoms with Crippen LogP contribution in [0.5, 0.6) is 0 Å². The first-order chi connectivity index (χ1) is 13.2. The van der Waals surface area contributed by atoms with Crippen LogP contribution in [0.15, 0.2) is 36.5 Å². The first-order valence-corrected chi connectivity index (χ1v) is 8.73. The van der Waals surface area contributed by atoms with Crippen LogP contribution in [0.4, 0.5) is 18.9 Å². The van der Waals surface area contributed by atoms with Gasteiger partial charge >= 0.3 is 6.18 Å². The molecule has 2 aliphatic rings. The Bertz CT molecular complexity index is 910. The topological polar surface area (TPSA) is 99.2 Å². The molecule has 1 aromatic carbocycles. The number of benzene rings is 1. The van der Waals surface area contributed by atoms with Crippen molar-refractivity contribution in [2.75, 3.05) is 5.32 Å². The van der Waals surface area contributed by atoms with E-state index in [2.05, 4.69) is 10.4 Å². The highest BCUT2D eigenvalue weighted by Gasteiger charge is 2.62. The van der Waals surface area contributed by atoms with Crippen molar-refractivity contribution in [3.8, 4) is 5.69 Å². The number of fused-ring (bicyclic) bond motifs is 2. The van der Waals surface area contributed by atoms with Gasteiger partial charge in [-0.1, -0.05) is 0 Å². The van der Waals surface area contributed by atoms with Crippen LogP contribution in [0.2, 0.25) is 0 Å². The van der Waals surface area contributed by atoms with Crippen molar-refractivity contribution in [2.45, 2.75) is 31.2 Å². The number of amides is 2. The van der Waals surface area contributed by atoms with Gasteiger partial charge in [-0.25, -0.2) is 4.68 Å². The van der Waals surface area contributed by atoms with Crippen molar-refractivity contribution < 1.29 is 27.5 Å². The number of nitrogens with two attached hydrogens (primary N) is 1. The molecule has 3 heterocycles. The summed E-state index contributed by atoms with van der Waals surface area (Å²) in [5.41, 5.74) is 6.22. The number of primary amides is 1. The Morgan fingerprint density at radius 3 is 2.43 bits per heavy atom. The van der Waals surface area contributed by atoms with E-state index in [-0.39, 0.29) is 5.69 Å². The monoisotopic (exact) mass is 394 g/mol. The number of alkyl halides is 3. The minimum absolute atomic E-state index is 0.104. The molecular weight excluding hydrogens is 377 g/mol. The van der Waals surface area contributed by atoms with Gasteiger partial charge in [0.25, 0.3) is 5.91 Å². The largest absolute Gasteiger partial charge is 0.395 e. The lowest BCUT2D eigenvalue weighted by Gasteiger charge is -2.28. The van der Waals surface area contributed by atoms with Crippen molar-refractivity contribution >= 4 is 17.5 Å². The maximum absolute atomic E-state index is 13.4. The number of carbonyl (C=O) groups is 2. The van der Waals surface area contributed by atoms with Crippen LogP contribution in [0, 0.1) is 11.8 Å². The minimum atomic E-state index is -4.48. The highest BCUT2D eigenvalue weighted by molar-refractivity contribution is 5.93. The lowest BCUT2D eigenvalue weighted by atomic mass is 9.78. The molecule has 28 heavy (non-hydrogen) atoms. The zero-order chi connectivity index (χ0) is 20.1. The van der Waals surface area contributed by atoms with Gasteiger partial charge in [0.15, 0.2) is 0 Å². The molecule has 10 heteroatoms. The lowest BCUT2D eigenvalue weighted by Crippen LogP contribution is -2.44. The lowest BCUT2D eigenvalue weighted by molar-refractivity contribution is -0.196. The Balaban J connectivity index is 1.48. The van der Waals surface area contributed by atoms with Crippen LogP contribution < -0.4 is 11.1 Å². The Kier molecular flexibility index (Phi) is 4.37. The molecule has 2 saturated heterocycles. The van der Waals surface area contributed by atoms with Crippen LogP contribution in [0.3, 0.4) is 0 Å². The number of hydrogen-bond acceptors (Lipinski definition) is 4. The van der Waals surface area contributed by atoms with E-state index in [9.17, 15) is 22.8 Å². The quantitative estimate of drug-likeness (QED) is 0.831. The van der Waals surface area contributed by atoms with Gasteiger partial charge in [-0.2, -0.15) is 18.3 Å². The average molecular weight is 394 g/mol. The summed E-state index contributed by atoms with van der Waals surface area (Å²) >= 11 is 0. The van der Waals surface area contributed by atoms with Gasteiger partial charge < -0.3 is 15.8 Å². The second kappa shape index (κ2) is 6.62. The molecule has 3 N–H and O–H groups in total. The molecular formula is C18H17F3N4O3. The summed E-state index contributed by atoms with van der Waals surface area (Å²) in [6.45, 7) is 0. The average Bonchev–Trinajstić information content (AvgIpc) is 3.36. The van der Waals surface area contributed by atoms with Crippen LogP contribution in [-0.2, 0) is 9.53 Å². The van der Waals surface area contributed by atoms with Gasteiger partial charge in [0, 0.05) is 11.9 Å². The van der Waals surface area contributed by atoms with E-state index < -0.39 is 42.0 Å². The molecule has 148 valence electrons. The maximum Gasteiger partial charge on any atom is 0.395 e. The molecule has 2 aliphatic heterocycles. The third-order valence-corrected chi connectivity index (χ3v) is 5.19. The van der Waals surface area contributed by atoms with E-state index in [1.54, 1.807) is 30.5 Å². The van der Waals surface area contributed by atoms with Gasteiger partial charge in [-0.3, -0.25) is 9.59 Å². The van der Waals surface area contributed by atoms with E-state index in [0.29, 0.717) is 24.2 Å².